The van der Waals surface area contributed by atoms with E-state index in [1.54, 1.807) is 0 Å². The lowest BCUT2D eigenvalue weighted by Gasteiger charge is -2.28. The second-order valence-electron chi connectivity index (χ2n) is 6.92. The summed E-state index contributed by atoms with van der Waals surface area (Å²) in [5.41, 5.74) is -0.118. The molecule has 3 rings (SSSR count). The number of carbonyl (C=O) groups excluding carboxylic acids is 3. The maximum Gasteiger partial charge on any atom is 0.325 e. The topological polar surface area (TPSA) is 78.5 Å². The van der Waals surface area contributed by atoms with Gasteiger partial charge in [0, 0.05) is 4.90 Å². The first-order valence-corrected chi connectivity index (χ1v) is 10.4. The SMILES string of the molecule is CSc1ccccc1NC(=O)CN1C(=O)NC2(CCCCCCC2)C1=O. The number of para-hydroxylation sites is 1. The van der Waals surface area contributed by atoms with Gasteiger partial charge in [-0.2, -0.15) is 0 Å². The first kappa shape index (κ1) is 18.8. The van der Waals surface area contributed by atoms with E-state index in [0.29, 0.717) is 18.5 Å². The highest BCUT2D eigenvalue weighted by Gasteiger charge is 2.50. The Labute approximate surface area is 158 Å². The summed E-state index contributed by atoms with van der Waals surface area (Å²) in [6, 6.07) is 7.01. The number of rotatable bonds is 4. The number of anilines is 1. The Morgan fingerprint density at radius 1 is 1.15 bits per heavy atom. The molecule has 0 bridgehead atoms. The number of benzene rings is 1. The van der Waals surface area contributed by atoms with E-state index in [1.807, 2.05) is 30.5 Å². The molecule has 0 radical (unpaired) electrons. The van der Waals surface area contributed by atoms with Gasteiger partial charge in [0.1, 0.15) is 12.1 Å². The van der Waals surface area contributed by atoms with Crippen LogP contribution in [0.3, 0.4) is 0 Å². The van der Waals surface area contributed by atoms with Gasteiger partial charge in [-0.15, -0.1) is 11.8 Å². The summed E-state index contributed by atoms with van der Waals surface area (Å²) in [7, 11) is 0. The van der Waals surface area contributed by atoms with Crippen LogP contribution in [0.5, 0.6) is 0 Å². The van der Waals surface area contributed by atoms with E-state index < -0.39 is 11.6 Å². The van der Waals surface area contributed by atoms with E-state index in [9.17, 15) is 14.4 Å². The summed E-state index contributed by atoms with van der Waals surface area (Å²) in [5, 5.41) is 5.69. The minimum absolute atomic E-state index is 0.252. The number of hydrogen-bond donors (Lipinski definition) is 2. The highest BCUT2D eigenvalue weighted by molar-refractivity contribution is 7.98. The van der Waals surface area contributed by atoms with Crippen molar-refractivity contribution in [1.82, 2.24) is 10.2 Å². The molecule has 1 aromatic rings. The van der Waals surface area contributed by atoms with E-state index in [2.05, 4.69) is 10.6 Å². The molecule has 1 heterocycles. The highest BCUT2D eigenvalue weighted by atomic mass is 32.2. The molecule has 6 nitrogen and oxygen atoms in total. The van der Waals surface area contributed by atoms with E-state index in [4.69, 9.17) is 0 Å². The van der Waals surface area contributed by atoms with Crippen molar-refractivity contribution in [3.8, 4) is 0 Å². The number of amides is 4. The third-order valence-corrected chi connectivity index (χ3v) is 5.93. The molecular formula is C19H25N3O3S. The zero-order valence-electron chi connectivity index (χ0n) is 15.0. The monoisotopic (exact) mass is 375 g/mol. The minimum atomic E-state index is -0.811. The van der Waals surface area contributed by atoms with Crippen LogP contribution in [0.15, 0.2) is 29.2 Å². The predicted molar refractivity (Wildman–Crippen MR) is 102 cm³/mol. The fraction of sp³-hybridized carbons (Fsp3) is 0.526. The number of nitrogens with zero attached hydrogens (tertiary/aromatic N) is 1. The van der Waals surface area contributed by atoms with Crippen molar-refractivity contribution in [3.63, 3.8) is 0 Å². The van der Waals surface area contributed by atoms with Crippen molar-refractivity contribution < 1.29 is 14.4 Å². The predicted octanol–water partition coefficient (Wildman–Crippen LogP) is 3.38. The Bertz CT molecular complexity index is 699. The van der Waals surface area contributed by atoms with E-state index in [0.717, 1.165) is 35.5 Å². The third-order valence-electron chi connectivity index (χ3n) is 5.14. The molecule has 1 saturated heterocycles. The number of carbonyl (C=O) groups is 3. The molecule has 1 saturated carbocycles. The largest absolute Gasteiger partial charge is 0.325 e. The molecule has 1 aliphatic heterocycles. The van der Waals surface area contributed by atoms with Crippen LogP contribution < -0.4 is 10.6 Å². The number of nitrogens with one attached hydrogen (secondary N) is 2. The quantitative estimate of drug-likeness (QED) is 0.625. The second-order valence-corrected chi connectivity index (χ2v) is 7.77. The Kier molecular flexibility index (Phi) is 5.86. The summed E-state index contributed by atoms with van der Waals surface area (Å²) in [5.74, 6) is -0.615. The molecule has 1 aliphatic carbocycles. The van der Waals surface area contributed by atoms with Gasteiger partial charge in [-0.25, -0.2) is 4.79 Å². The molecular weight excluding hydrogens is 350 g/mol. The standard InChI is InChI=1S/C19H25N3O3S/c1-26-15-10-6-5-9-14(15)20-16(23)13-22-17(24)19(21-18(22)25)11-7-3-2-4-8-12-19/h5-6,9-10H,2-4,7-8,11-13H2,1H3,(H,20,23)(H,21,25). The minimum Gasteiger partial charge on any atom is -0.324 e. The van der Waals surface area contributed by atoms with Gasteiger partial charge in [-0.05, 0) is 31.2 Å². The smallest absolute Gasteiger partial charge is 0.324 e. The zero-order valence-corrected chi connectivity index (χ0v) is 15.9. The fourth-order valence-corrected chi connectivity index (χ4v) is 4.30. The van der Waals surface area contributed by atoms with Gasteiger partial charge in [-0.1, -0.05) is 44.2 Å². The van der Waals surface area contributed by atoms with E-state index in [-0.39, 0.29) is 18.4 Å². The summed E-state index contributed by atoms with van der Waals surface area (Å²) < 4.78 is 0. The average molecular weight is 375 g/mol. The Morgan fingerprint density at radius 2 is 1.81 bits per heavy atom. The normalized spacial score (nSPS) is 19.8. The molecule has 0 unspecified atom stereocenters. The third kappa shape index (κ3) is 3.87. The van der Waals surface area contributed by atoms with Gasteiger partial charge in [0.25, 0.3) is 5.91 Å². The lowest BCUT2D eigenvalue weighted by molar-refractivity contribution is -0.134. The second kappa shape index (κ2) is 8.12. The molecule has 4 amide bonds. The molecule has 140 valence electrons. The van der Waals surface area contributed by atoms with Gasteiger partial charge in [0.2, 0.25) is 5.91 Å². The zero-order chi connectivity index (χ0) is 18.6. The van der Waals surface area contributed by atoms with Crippen LogP contribution >= 0.6 is 11.8 Å². The average Bonchev–Trinajstić information content (AvgIpc) is 2.84. The maximum atomic E-state index is 12.9. The van der Waals surface area contributed by atoms with Gasteiger partial charge in [-0.3, -0.25) is 14.5 Å². The van der Waals surface area contributed by atoms with Crippen molar-refractivity contribution in [1.29, 1.82) is 0 Å². The molecule has 0 aromatic heterocycles. The van der Waals surface area contributed by atoms with Crippen molar-refractivity contribution in [3.05, 3.63) is 24.3 Å². The van der Waals surface area contributed by atoms with Gasteiger partial charge in [0.15, 0.2) is 0 Å². The molecule has 2 N–H and O–H groups in total. The van der Waals surface area contributed by atoms with Gasteiger partial charge >= 0.3 is 6.03 Å². The van der Waals surface area contributed by atoms with E-state index in [1.165, 1.54) is 18.2 Å². The summed E-state index contributed by atoms with van der Waals surface area (Å²) in [4.78, 5) is 39.7. The number of urea groups is 1. The first-order valence-electron chi connectivity index (χ1n) is 9.13. The Balaban J connectivity index is 1.68. The summed E-state index contributed by atoms with van der Waals surface area (Å²) in [6.07, 6.45) is 8.43. The van der Waals surface area contributed by atoms with Crippen LogP contribution in [-0.4, -0.2) is 41.1 Å². The molecule has 1 spiro atoms. The van der Waals surface area contributed by atoms with Crippen molar-refractivity contribution in [2.75, 3.05) is 18.1 Å². The van der Waals surface area contributed by atoms with Crippen LogP contribution in [-0.2, 0) is 9.59 Å². The van der Waals surface area contributed by atoms with Crippen molar-refractivity contribution >= 4 is 35.3 Å². The molecule has 7 heteroatoms. The van der Waals surface area contributed by atoms with Crippen molar-refractivity contribution in [2.45, 2.75) is 55.4 Å². The van der Waals surface area contributed by atoms with Gasteiger partial charge in [0.05, 0.1) is 5.69 Å². The van der Waals surface area contributed by atoms with Crippen LogP contribution in [0, 0.1) is 0 Å². The lowest BCUT2D eigenvalue weighted by atomic mass is 9.84. The first-order chi connectivity index (χ1) is 12.6. The lowest BCUT2D eigenvalue weighted by Crippen LogP contribution is -2.47. The molecule has 0 atom stereocenters. The number of imide groups is 1. The molecule has 26 heavy (non-hydrogen) atoms. The maximum absolute atomic E-state index is 12.9. The van der Waals surface area contributed by atoms with Crippen LogP contribution in [0.25, 0.3) is 0 Å². The van der Waals surface area contributed by atoms with E-state index >= 15 is 0 Å². The fourth-order valence-electron chi connectivity index (χ4n) is 3.75. The summed E-state index contributed by atoms with van der Waals surface area (Å²) >= 11 is 1.53. The van der Waals surface area contributed by atoms with Crippen LogP contribution in [0.1, 0.15) is 44.9 Å². The number of thioether (sulfide) groups is 1. The van der Waals surface area contributed by atoms with Crippen LogP contribution in [0.2, 0.25) is 0 Å². The van der Waals surface area contributed by atoms with Gasteiger partial charge < -0.3 is 10.6 Å². The Hall–Kier alpha value is -2.02. The van der Waals surface area contributed by atoms with Crippen molar-refractivity contribution in [2.24, 2.45) is 0 Å². The molecule has 2 aliphatic rings. The van der Waals surface area contributed by atoms with Crippen LogP contribution in [0.4, 0.5) is 10.5 Å². The molecule has 1 aromatic carbocycles. The Morgan fingerprint density at radius 3 is 2.50 bits per heavy atom. The molecule has 2 fully saturated rings. The highest BCUT2D eigenvalue weighted by Crippen LogP contribution is 2.32. The number of hydrogen-bond acceptors (Lipinski definition) is 4. The summed E-state index contributed by atoms with van der Waals surface area (Å²) in [6.45, 7) is -0.255.